The number of benzene rings is 1. The van der Waals surface area contributed by atoms with Crippen LogP contribution in [-0.4, -0.2) is 19.2 Å². The zero-order valence-corrected chi connectivity index (χ0v) is 16.7. The zero-order valence-electron chi connectivity index (χ0n) is 15.1. The second-order valence-electron chi connectivity index (χ2n) is 6.54. The van der Waals surface area contributed by atoms with Crippen LogP contribution in [0.15, 0.2) is 54.9 Å². The number of ether oxygens (including phenoxy) is 1. The summed E-state index contributed by atoms with van der Waals surface area (Å²) in [7, 11) is -3.44. The van der Waals surface area contributed by atoms with Crippen molar-refractivity contribution in [1.29, 1.82) is 0 Å². The maximum Gasteiger partial charge on any atom is 0.433 e. The van der Waals surface area contributed by atoms with E-state index in [1.54, 1.807) is 41.1 Å². The fourth-order valence-electron chi connectivity index (χ4n) is 3.01. The Labute approximate surface area is 175 Å². The Morgan fingerprint density at radius 3 is 2.53 bits per heavy atom. The predicted molar refractivity (Wildman–Crippen MR) is 104 cm³/mol. The van der Waals surface area contributed by atoms with E-state index in [0.29, 0.717) is 27.7 Å². The summed E-state index contributed by atoms with van der Waals surface area (Å²) >= 11 is 6.17. The van der Waals surface area contributed by atoms with E-state index in [2.05, 4.69) is 9.71 Å². The van der Waals surface area contributed by atoms with Gasteiger partial charge in [0, 0.05) is 12.3 Å². The summed E-state index contributed by atoms with van der Waals surface area (Å²) in [5, 5.41) is 0.437. The van der Waals surface area contributed by atoms with E-state index >= 15 is 0 Å². The van der Waals surface area contributed by atoms with Gasteiger partial charge in [0.1, 0.15) is 35.7 Å². The average molecular weight is 457 g/mol. The Kier molecular flexibility index (Phi) is 5.07. The van der Waals surface area contributed by atoms with Gasteiger partial charge in [-0.25, -0.2) is 4.57 Å². The Morgan fingerprint density at radius 2 is 1.83 bits per heavy atom. The van der Waals surface area contributed by atoms with Crippen molar-refractivity contribution in [2.24, 2.45) is 0 Å². The molecule has 30 heavy (non-hydrogen) atoms. The molecule has 3 aromatic rings. The maximum atomic E-state index is 12.8. The molecule has 3 heterocycles. The van der Waals surface area contributed by atoms with Crippen LogP contribution in [0.2, 0.25) is 5.02 Å². The molecule has 0 atom stereocenters. The van der Waals surface area contributed by atoms with Crippen molar-refractivity contribution in [2.45, 2.75) is 12.7 Å². The molecule has 1 aliphatic heterocycles. The summed E-state index contributed by atoms with van der Waals surface area (Å²) in [5.41, 5.74) is 0.177. The number of aromatic nitrogens is 2. The highest BCUT2D eigenvalue weighted by Gasteiger charge is 2.33. The highest BCUT2D eigenvalue weighted by Crippen LogP contribution is 2.33. The van der Waals surface area contributed by atoms with Gasteiger partial charge in [-0.3, -0.25) is 4.98 Å². The SMILES string of the molecule is O=S1(=O)CC[n+]2cc(Cl)cc(-c3ccc(Oc4ccnc(C(F)(F)F)c4)cc3)c2N1. The summed E-state index contributed by atoms with van der Waals surface area (Å²) in [5.74, 6) is 0.641. The molecule has 1 N–H and O–H groups in total. The number of fused-ring (bicyclic) bond motifs is 1. The molecule has 11 heteroatoms. The molecule has 0 fully saturated rings. The number of halogens is 4. The molecule has 0 saturated heterocycles. The summed E-state index contributed by atoms with van der Waals surface area (Å²) in [6.07, 6.45) is -1.91. The lowest BCUT2D eigenvalue weighted by Gasteiger charge is -2.16. The largest absolute Gasteiger partial charge is 0.457 e. The van der Waals surface area contributed by atoms with Crippen molar-refractivity contribution in [3.8, 4) is 22.6 Å². The second kappa shape index (κ2) is 7.44. The number of nitrogens with zero attached hydrogens (tertiary/aromatic N) is 2. The van der Waals surface area contributed by atoms with E-state index in [1.807, 2.05) is 0 Å². The Morgan fingerprint density at radius 1 is 1.10 bits per heavy atom. The van der Waals surface area contributed by atoms with Crippen molar-refractivity contribution < 1.29 is 30.9 Å². The van der Waals surface area contributed by atoms with Gasteiger partial charge in [0.15, 0.2) is 0 Å². The first-order valence-electron chi connectivity index (χ1n) is 8.66. The van der Waals surface area contributed by atoms with Crippen molar-refractivity contribution >= 4 is 27.4 Å². The number of anilines is 1. The topological polar surface area (TPSA) is 72.2 Å². The van der Waals surface area contributed by atoms with Gasteiger partial charge in [0.25, 0.3) is 5.82 Å². The van der Waals surface area contributed by atoms with Crippen LogP contribution in [0.25, 0.3) is 11.1 Å². The van der Waals surface area contributed by atoms with Crippen LogP contribution in [0.5, 0.6) is 11.5 Å². The molecule has 6 nitrogen and oxygen atoms in total. The number of pyridine rings is 2. The standard InChI is InChI=1S/C19H13ClF3N3O3S/c20-13-9-16(18-25-30(27,28)8-7-26(18)11-13)12-1-3-14(4-2-12)29-15-5-6-24-17(10-15)19(21,22)23/h1-6,9-11H,7-8H2/p+1. The second-order valence-corrected chi connectivity index (χ2v) is 8.81. The Hall–Kier alpha value is -2.85. The van der Waals surface area contributed by atoms with Crippen LogP contribution in [0.4, 0.5) is 19.0 Å². The molecule has 0 unspecified atom stereocenters. The first-order chi connectivity index (χ1) is 14.1. The summed E-state index contributed by atoms with van der Waals surface area (Å²) in [6.45, 7) is 0.267. The fraction of sp³-hybridized carbons (Fsp3) is 0.158. The van der Waals surface area contributed by atoms with Crippen molar-refractivity contribution in [3.63, 3.8) is 0 Å². The van der Waals surface area contributed by atoms with Crippen LogP contribution in [-0.2, 0) is 22.7 Å². The predicted octanol–water partition coefficient (Wildman–Crippen LogP) is 4.26. The first kappa shape index (κ1) is 20.4. The minimum atomic E-state index is -4.57. The van der Waals surface area contributed by atoms with Crippen LogP contribution >= 0.6 is 11.6 Å². The number of hydrogen-bond donors (Lipinski definition) is 1. The molecule has 4 rings (SSSR count). The third-order valence-electron chi connectivity index (χ3n) is 4.38. The Balaban J connectivity index is 1.63. The lowest BCUT2D eigenvalue weighted by molar-refractivity contribution is -0.679. The first-order valence-corrected chi connectivity index (χ1v) is 10.7. The van der Waals surface area contributed by atoms with Crippen LogP contribution < -0.4 is 14.0 Å². The third-order valence-corrected chi connectivity index (χ3v) is 5.81. The normalized spacial score (nSPS) is 15.2. The lowest BCUT2D eigenvalue weighted by Crippen LogP contribution is -2.47. The Bertz CT molecular complexity index is 1220. The molecule has 0 amide bonds. The summed E-state index contributed by atoms with van der Waals surface area (Å²) < 4.78 is 72.1. The molecule has 0 saturated carbocycles. The van der Waals surface area contributed by atoms with Crippen molar-refractivity contribution in [3.05, 3.63) is 65.6 Å². The monoisotopic (exact) mass is 456 g/mol. The van der Waals surface area contributed by atoms with E-state index in [-0.39, 0.29) is 18.0 Å². The molecule has 0 bridgehead atoms. The smallest absolute Gasteiger partial charge is 0.433 e. The quantitative estimate of drug-likeness (QED) is 0.598. The van der Waals surface area contributed by atoms with Gasteiger partial charge in [-0.05, 0) is 29.8 Å². The number of nitrogens with one attached hydrogen (secondary N) is 1. The van der Waals surface area contributed by atoms with E-state index in [1.165, 1.54) is 6.07 Å². The fourth-order valence-corrected chi connectivity index (χ4v) is 4.29. The summed E-state index contributed by atoms with van der Waals surface area (Å²) in [4.78, 5) is 3.29. The number of rotatable bonds is 3. The number of sulfonamides is 1. The molecular weight excluding hydrogens is 443 g/mol. The molecule has 1 aromatic carbocycles. The molecule has 156 valence electrons. The molecular formula is C19H14ClF3N3O3S+. The van der Waals surface area contributed by atoms with E-state index in [9.17, 15) is 21.6 Å². The van der Waals surface area contributed by atoms with Gasteiger partial charge < -0.3 is 4.74 Å². The zero-order chi connectivity index (χ0) is 21.5. The van der Waals surface area contributed by atoms with Gasteiger partial charge in [0.2, 0.25) is 0 Å². The minimum absolute atomic E-state index is 0.00599. The number of aryl methyl sites for hydroxylation is 1. The van der Waals surface area contributed by atoms with Crippen molar-refractivity contribution in [1.82, 2.24) is 4.98 Å². The molecule has 0 spiro atoms. The molecule has 1 aliphatic rings. The van der Waals surface area contributed by atoms with Crippen LogP contribution in [0, 0.1) is 0 Å². The third kappa shape index (κ3) is 4.34. The van der Waals surface area contributed by atoms with Gasteiger partial charge in [-0.1, -0.05) is 23.7 Å². The van der Waals surface area contributed by atoms with Gasteiger partial charge in [-0.2, -0.15) is 26.3 Å². The molecule has 0 aliphatic carbocycles. The summed E-state index contributed by atoms with van der Waals surface area (Å²) in [6, 6.07) is 10.2. The number of alkyl halides is 3. The van der Waals surface area contributed by atoms with Crippen LogP contribution in [0.1, 0.15) is 5.69 Å². The highest BCUT2D eigenvalue weighted by molar-refractivity contribution is 7.92. The minimum Gasteiger partial charge on any atom is -0.457 e. The van der Waals surface area contributed by atoms with E-state index < -0.39 is 21.9 Å². The lowest BCUT2D eigenvalue weighted by atomic mass is 10.1. The average Bonchev–Trinajstić information content (AvgIpc) is 2.68. The van der Waals surface area contributed by atoms with Gasteiger partial charge in [0.05, 0.1) is 10.6 Å². The molecule has 0 radical (unpaired) electrons. The van der Waals surface area contributed by atoms with Gasteiger partial charge in [-0.15, -0.1) is 0 Å². The van der Waals surface area contributed by atoms with E-state index in [4.69, 9.17) is 16.3 Å². The van der Waals surface area contributed by atoms with E-state index in [0.717, 1.165) is 12.3 Å². The highest BCUT2D eigenvalue weighted by atomic mass is 35.5. The van der Waals surface area contributed by atoms with Gasteiger partial charge >= 0.3 is 16.2 Å². The van der Waals surface area contributed by atoms with Crippen LogP contribution in [0.3, 0.4) is 0 Å². The maximum absolute atomic E-state index is 12.8. The molecule has 2 aromatic heterocycles. The number of hydrogen-bond acceptors (Lipinski definition) is 4. The van der Waals surface area contributed by atoms with Crippen molar-refractivity contribution in [2.75, 3.05) is 10.5 Å².